The average molecular weight is 323 g/mol. The van der Waals surface area contributed by atoms with E-state index < -0.39 is 6.10 Å². The van der Waals surface area contributed by atoms with Gasteiger partial charge in [0.15, 0.2) is 5.69 Å². The molecular formula is C15H19ClN4O2. The highest BCUT2D eigenvalue weighted by Crippen LogP contribution is 2.18. The number of aliphatic hydroxyl groups is 1. The van der Waals surface area contributed by atoms with Crippen LogP contribution in [-0.4, -0.2) is 38.7 Å². The van der Waals surface area contributed by atoms with Crippen LogP contribution in [0.4, 0.5) is 0 Å². The predicted molar refractivity (Wildman–Crippen MR) is 84.2 cm³/mol. The molecule has 0 radical (unpaired) electrons. The van der Waals surface area contributed by atoms with Crippen LogP contribution >= 0.6 is 11.6 Å². The monoisotopic (exact) mass is 322 g/mol. The third-order valence-electron chi connectivity index (χ3n) is 3.22. The Morgan fingerprint density at radius 1 is 1.45 bits per heavy atom. The molecule has 1 unspecified atom stereocenters. The van der Waals surface area contributed by atoms with Gasteiger partial charge in [-0.05, 0) is 23.6 Å². The van der Waals surface area contributed by atoms with E-state index in [1.54, 1.807) is 24.3 Å². The third-order valence-corrected chi connectivity index (χ3v) is 3.45. The normalized spacial score (nSPS) is 13.0. The largest absolute Gasteiger partial charge is 0.391 e. The molecule has 0 aliphatic heterocycles. The Bertz CT molecular complexity index is 664. The molecule has 0 saturated carbocycles. The minimum atomic E-state index is -0.639. The van der Waals surface area contributed by atoms with Crippen molar-refractivity contribution in [2.45, 2.75) is 26.9 Å². The molecule has 1 atom stereocenters. The summed E-state index contributed by atoms with van der Waals surface area (Å²) in [4.78, 5) is 13.4. The fourth-order valence-corrected chi connectivity index (χ4v) is 1.86. The molecule has 0 saturated heterocycles. The van der Waals surface area contributed by atoms with Crippen LogP contribution in [0.2, 0.25) is 5.02 Å². The molecule has 0 spiro atoms. The van der Waals surface area contributed by atoms with Gasteiger partial charge in [-0.15, -0.1) is 5.10 Å². The van der Waals surface area contributed by atoms with Gasteiger partial charge in [-0.2, -0.15) is 9.90 Å². The van der Waals surface area contributed by atoms with Crippen LogP contribution in [0.25, 0.3) is 5.69 Å². The Kier molecular flexibility index (Phi) is 4.83. The maximum atomic E-state index is 12.0. The van der Waals surface area contributed by atoms with E-state index in [1.807, 2.05) is 20.8 Å². The molecule has 118 valence electrons. The number of hydrogen-bond acceptors (Lipinski definition) is 4. The van der Waals surface area contributed by atoms with Crippen molar-refractivity contribution >= 4 is 17.5 Å². The Morgan fingerprint density at radius 3 is 2.82 bits per heavy atom. The van der Waals surface area contributed by atoms with E-state index in [9.17, 15) is 9.90 Å². The predicted octanol–water partition coefficient (Wildman–Crippen LogP) is 2.06. The summed E-state index contributed by atoms with van der Waals surface area (Å²) in [6.45, 7) is 5.87. The van der Waals surface area contributed by atoms with Gasteiger partial charge < -0.3 is 10.4 Å². The molecule has 0 fully saturated rings. The number of halogens is 1. The van der Waals surface area contributed by atoms with E-state index in [-0.39, 0.29) is 23.6 Å². The lowest BCUT2D eigenvalue weighted by atomic mass is 9.89. The fourth-order valence-electron chi connectivity index (χ4n) is 1.68. The second-order valence-electron chi connectivity index (χ2n) is 6.09. The quantitative estimate of drug-likeness (QED) is 0.903. The first-order valence-electron chi connectivity index (χ1n) is 6.92. The number of carbonyl (C=O) groups is 1. The molecule has 1 aromatic heterocycles. The maximum absolute atomic E-state index is 12.0. The molecule has 2 rings (SSSR count). The molecule has 0 aliphatic rings. The Labute approximate surface area is 134 Å². The molecule has 2 aromatic rings. The van der Waals surface area contributed by atoms with Crippen molar-refractivity contribution < 1.29 is 9.90 Å². The van der Waals surface area contributed by atoms with Crippen molar-refractivity contribution in [3.63, 3.8) is 0 Å². The second kappa shape index (κ2) is 6.46. The number of nitrogens with one attached hydrogen (secondary N) is 1. The van der Waals surface area contributed by atoms with Gasteiger partial charge in [0.25, 0.3) is 5.91 Å². The molecule has 22 heavy (non-hydrogen) atoms. The minimum Gasteiger partial charge on any atom is -0.391 e. The number of amides is 1. The smallest absolute Gasteiger partial charge is 0.273 e. The molecule has 1 heterocycles. The van der Waals surface area contributed by atoms with Gasteiger partial charge in [0.2, 0.25) is 0 Å². The third kappa shape index (κ3) is 4.05. The van der Waals surface area contributed by atoms with Crippen LogP contribution in [0.3, 0.4) is 0 Å². The van der Waals surface area contributed by atoms with Gasteiger partial charge in [-0.1, -0.05) is 38.4 Å². The van der Waals surface area contributed by atoms with Crippen LogP contribution in [0.15, 0.2) is 30.5 Å². The number of aromatic nitrogens is 3. The standard InChI is InChI=1S/C15H19ClN4O2/c1-15(2,3)13(21)9-17-14(22)12-8-18-20(19-12)11-6-4-5-10(16)7-11/h4-8,13,21H,9H2,1-3H3,(H,17,22). The summed E-state index contributed by atoms with van der Waals surface area (Å²) in [5, 5.41) is 21.3. The van der Waals surface area contributed by atoms with Crippen LogP contribution in [0, 0.1) is 5.41 Å². The Morgan fingerprint density at radius 2 is 2.18 bits per heavy atom. The molecule has 1 aromatic carbocycles. The highest BCUT2D eigenvalue weighted by Gasteiger charge is 2.23. The number of aliphatic hydroxyl groups excluding tert-OH is 1. The first-order chi connectivity index (χ1) is 10.3. The summed E-state index contributed by atoms with van der Waals surface area (Å²) in [7, 11) is 0. The molecule has 7 heteroatoms. The lowest BCUT2D eigenvalue weighted by molar-refractivity contribution is 0.0585. The van der Waals surface area contributed by atoms with E-state index in [0.29, 0.717) is 10.7 Å². The first-order valence-corrected chi connectivity index (χ1v) is 7.30. The van der Waals surface area contributed by atoms with Crippen LogP contribution in [-0.2, 0) is 0 Å². The summed E-state index contributed by atoms with van der Waals surface area (Å²) in [6.07, 6.45) is 0.735. The van der Waals surface area contributed by atoms with Crippen molar-refractivity contribution in [3.8, 4) is 5.69 Å². The molecule has 6 nitrogen and oxygen atoms in total. The van der Waals surface area contributed by atoms with Crippen molar-refractivity contribution in [1.82, 2.24) is 20.3 Å². The Balaban J connectivity index is 2.04. The summed E-state index contributed by atoms with van der Waals surface area (Å²) in [5.41, 5.74) is 0.549. The zero-order chi connectivity index (χ0) is 16.3. The number of hydrogen-bond donors (Lipinski definition) is 2. The van der Waals surface area contributed by atoms with Crippen molar-refractivity contribution in [2.24, 2.45) is 5.41 Å². The minimum absolute atomic E-state index is 0.159. The highest BCUT2D eigenvalue weighted by molar-refractivity contribution is 6.30. The van der Waals surface area contributed by atoms with Crippen LogP contribution in [0.5, 0.6) is 0 Å². The lowest BCUT2D eigenvalue weighted by Crippen LogP contribution is -2.39. The number of benzene rings is 1. The van der Waals surface area contributed by atoms with Gasteiger partial charge in [0.05, 0.1) is 18.0 Å². The van der Waals surface area contributed by atoms with E-state index >= 15 is 0 Å². The van der Waals surface area contributed by atoms with Crippen LogP contribution in [0.1, 0.15) is 31.3 Å². The van der Waals surface area contributed by atoms with E-state index in [0.717, 1.165) is 0 Å². The van der Waals surface area contributed by atoms with Gasteiger partial charge in [0, 0.05) is 11.6 Å². The van der Waals surface area contributed by atoms with Gasteiger partial charge >= 0.3 is 0 Å². The zero-order valence-corrected chi connectivity index (χ0v) is 13.5. The van der Waals surface area contributed by atoms with E-state index in [4.69, 9.17) is 11.6 Å². The Hall–Kier alpha value is -1.92. The van der Waals surface area contributed by atoms with E-state index in [2.05, 4.69) is 15.5 Å². The fraction of sp³-hybridized carbons (Fsp3) is 0.400. The second-order valence-corrected chi connectivity index (χ2v) is 6.53. The van der Waals surface area contributed by atoms with Gasteiger partial charge in [-0.3, -0.25) is 4.79 Å². The molecule has 1 amide bonds. The van der Waals surface area contributed by atoms with Crippen molar-refractivity contribution in [1.29, 1.82) is 0 Å². The summed E-state index contributed by atoms with van der Waals surface area (Å²) in [6, 6.07) is 7.01. The van der Waals surface area contributed by atoms with Gasteiger partial charge in [0.1, 0.15) is 0 Å². The highest BCUT2D eigenvalue weighted by atomic mass is 35.5. The van der Waals surface area contributed by atoms with Crippen LogP contribution < -0.4 is 5.32 Å². The van der Waals surface area contributed by atoms with Crippen molar-refractivity contribution in [2.75, 3.05) is 6.54 Å². The zero-order valence-electron chi connectivity index (χ0n) is 12.7. The van der Waals surface area contributed by atoms with Crippen molar-refractivity contribution in [3.05, 3.63) is 41.2 Å². The molecule has 2 N–H and O–H groups in total. The van der Waals surface area contributed by atoms with E-state index in [1.165, 1.54) is 11.0 Å². The number of carbonyl (C=O) groups excluding carboxylic acids is 1. The topological polar surface area (TPSA) is 80.0 Å². The average Bonchev–Trinajstić information content (AvgIpc) is 2.93. The summed E-state index contributed by atoms with van der Waals surface area (Å²) in [5.74, 6) is -0.378. The maximum Gasteiger partial charge on any atom is 0.273 e. The summed E-state index contributed by atoms with van der Waals surface area (Å²) < 4.78 is 0. The summed E-state index contributed by atoms with van der Waals surface area (Å²) >= 11 is 5.92. The molecule has 0 aliphatic carbocycles. The van der Waals surface area contributed by atoms with Gasteiger partial charge in [-0.25, -0.2) is 0 Å². The lowest BCUT2D eigenvalue weighted by Gasteiger charge is -2.25. The molecule has 0 bridgehead atoms. The number of rotatable bonds is 4. The SMILES string of the molecule is CC(C)(C)C(O)CNC(=O)c1cnn(-c2cccc(Cl)c2)n1. The number of nitrogens with zero attached hydrogens (tertiary/aromatic N) is 3. The first kappa shape index (κ1) is 16.5. The molecular weight excluding hydrogens is 304 g/mol.